The molecule has 0 bridgehead atoms. The molecular formula is C21H24F3N7O2. The zero-order chi connectivity index (χ0) is 23.3. The Labute approximate surface area is 187 Å². The maximum absolute atomic E-state index is 13.1. The van der Waals surface area contributed by atoms with Crippen molar-refractivity contribution in [2.24, 2.45) is 0 Å². The highest BCUT2D eigenvalue weighted by molar-refractivity contribution is 5.52. The van der Waals surface area contributed by atoms with E-state index in [9.17, 15) is 18.0 Å². The van der Waals surface area contributed by atoms with Crippen molar-refractivity contribution in [3.05, 3.63) is 51.3 Å². The molecule has 2 aliphatic rings. The van der Waals surface area contributed by atoms with Gasteiger partial charge in [-0.3, -0.25) is 4.98 Å². The van der Waals surface area contributed by atoms with Crippen LogP contribution in [0.2, 0.25) is 0 Å². The summed E-state index contributed by atoms with van der Waals surface area (Å²) in [5.41, 5.74) is 0.867. The number of morpholine rings is 1. The Morgan fingerprint density at radius 1 is 1.27 bits per heavy atom. The molecule has 0 amide bonds. The maximum atomic E-state index is 13.1. The number of ether oxygens (including phenoxy) is 1. The van der Waals surface area contributed by atoms with Gasteiger partial charge in [0.2, 0.25) is 0 Å². The smallest absolute Gasteiger partial charge is 0.374 e. The summed E-state index contributed by atoms with van der Waals surface area (Å²) in [5, 5.41) is 4.39. The first kappa shape index (κ1) is 21.8. The predicted octanol–water partition coefficient (Wildman–Crippen LogP) is 1.51. The van der Waals surface area contributed by atoms with Gasteiger partial charge in [0.15, 0.2) is 0 Å². The summed E-state index contributed by atoms with van der Waals surface area (Å²) in [7, 11) is 2.00. The van der Waals surface area contributed by atoms with Gasteiger partial charge >= 0.3 is 11.9 Å². The molecule has 1 unspecified atom stereocenters. The number of aryl methyl sites for hydroxylation is 1. The van der Waals surface area contributed by atoms with E-state index in [0.29, 0.717) is 49.7 Å². The standard InChI is InChI=1S/C21H24F3N7O2/c1-13-9-30-19(27-31(20(30)32)12-16-11-28(2)5-6-33-16)26-18(13)29-4-3-17-14(10-29)7-15(8-25-17)21(22,23)24/h7-9,16H,3-6,10-12H2,1-2H3. The van der Waals surface area contributed by atoms with E-state index >= 15 is 0 Å². The summed E-state index contributed by atoms with van der Waals surface area (Å²) in [4.78, 5) is 25.5. The van der Waals surface area contributed by atoms with Crippen LogP contribution in [0, 0.1) is 6.92 Å². The minimum atomic E-state index is -4.44. The first-order valence-electron chi connectivity index (χ1n) is 10.8. The lowest BCUT2D eigenvalue weighted by atomic mass is 10.0. The van der Waals surface area contributed by atoms with Crippen LogP contribution < -0.4 is 10.6 Å². The van der Waals surface area contributed by atoms with Crippen molar-refractivity contribution >= 4 is 11.6 Å². The van der Waals surface area contributed by atoms with Crippen LogP contribution in [0.15, 0.2) is 23.3 Å². The van der Waals surface area contributed by atoms with Crippen LogP contribution >= 0.6 is 0 Å². The molecule has 2 aliphatic heterocycles. The van der Waals surface area contributed by atoms with Gasteiger partial charge in [-0.15, -0.1) is 5.10 Å². The van der Waals surface area contributed by atoms with E-state index in [0.717, 1.165) is 24.4 Å². The first-order valence-corrected chi connectivity index (χ1v) is 10.8. The Kier molecular flexibility index (Phi) is 5.36. The fourth-order valence-corrected chi connectivity index (χ4v) is 4.40. The number of fused-ring (bicyclic) bond motifs is 2. The molecule has 1 saturated heterocycles. The minimum absolute atomic E-state index is 0.138. The number of anilines is 1. The molecule has 3 aromatic rings. The molecule has 12 heteroatoms. The Bertz CT molecular complexity index is 1250. The number of pyridine rings is 1. The van der Waals surface area contributed by atoms with Gasteiger partial charge in [0.1, 0.15) is 5.82 Å². The van der Waals surface area contributed by atoms with E-state index in [-0.39, 0.29) is 24.1 Å². The lowest BCUT2D eigenvalue weighted by Crippen LogP contribution is -2.43. The van der Waals surface area contributed by atoms with Crippen molar-refractivity contribution in [2.75, 3.05) is 38.2 Å². The van der Waals surface area contributed by atoms with Crippen molar-refractivity contribution in [1.82, 2.24) is 29.0 Å². The molecule has 1 fully saturated rings. The predicted molar refractivity (Wildman–Crippen MR) is 113 cm³/mol. The van der Waals surface area contributed by atoms with E-state index in [4.69, 9.17) is 4.74 Å². The minimum Gasteiger partial charge on any atom is -0.374 e. The lowest BCUT2D eigenvalue weighted by molar-refractivity contribution is -0.137. The Balaban J connectivity index is 1.43. The largest absolute Gasteiger partial charge is 0.417 e. The molecule has 176 valence electrons. The van der Waals surface area contributed by atoms with Crippen LogP contribution in [-0.2, 0) is 30.4 Å². The summed E-state index contributed by atoms with van der Waals surface area (Å²) in [5.74, 6) is 0.842. The number of hydrogen-bond donors (Lipinski definition) is 0. The molecular weight excluding hydrogens is 439 g/mol. The van der Waals surface area contributed by atoms with Crippen molar-refractivity contribution in [3.63, 3.8) is 0 Å². The number of aromatic nitrogens is 5. The Hall–Kier alpha value is -2.99. The maximum Gasteiger partial charge on any atom is 0.417 e. The summed E-state index contributed by atoms with van der Waals surface area (Å²) in [6.45, 7) is 5.12. The molecule has 0 radical (unpaired) electrons. The summed E-state index contributed by atoms with van der Waals surface area (Å²) in [6, 6.07) is 1.16. The molecule has 1 atom stereocenters. The third-order valence-corrected chi connectivity index (χ3v) is 6.12. The van der Waals surface area contributed by atoms with Crippen LogP contribution in [0.5, 0.6) is 0 Å². The normalized spacial score (nSPS) is 19.8. The van der Waals surface area contributed by atoms with Crippen LogP contribution in [0.3, 0.4) is 0 Å². The van der Waals surface area contributed by atoms with Crippen molar-refractivity contribution < 1.29 is 17.9 Å². The second-order valence-corrected chi connectivity index (χ2v) is 8.64. The van der Waals surface area contributed by atoms with Crippen molar-refractivity contribution in [3.8, 4) is 0 Å². The summed E-state index contributed by atoms with van der Waals surface area (Å²) >= 11 is 0. The molecule has 0 spiro atoms. The Morgan fingerprint density at radius 3 is 2.85 bits per heavy atom. The number of likely N-dealkylation sites (N-methyl/N-ethyl adjacent to an activating group) is 1. The molecule has 33 heavy (non-hydrogen) atoms. The first-order chi connectivity index (χ1) is 15.7. The van der Waals surface area contributed by atoms with Gasteiger partial charge in [0.05, 0.1) is 24.8 Å². The number of rotatable bonds is 3. The van der Waals surface area contributed by atoms with E-state index in [1.807, 2.05) is 18.9 Å². The second-order valence-electron chi connectivity index (χ2n) is 8.64. The van der Waals surface area contributed by atoms with Gasteiger partial charge in [-0.25, -0.2) is 13.9 Å². The molecule has 0 saturated carbocycles. The van der Waals surface area contributed by atoms with Crippen LogP contribution in [0.4, 0.5) is 19.0 Å². The van der Waals surface area contributed by atoms with Gasteiger partial charge in [0.25, 0.3) is 5.78 Å². The van der Waals surface area contributed by atoms with E-state index in [1.54, 1.807) is 6.20 Å². The molecule has 9 nitrogen and oxygen atoms in total. The Morgan fingerprint density at radius 2 is 2.09 bits per heavy atom. The van der Waals surface area contributed by atoms with Crippen molar-refractivity contribution in [1.29, 1.82) is 0 Å². The molecule has 5 rings (SSSR count). The average Bonchev–Trinajstić information content (AvgIpc) is 3.06. The fraction of sp³-hybridized carbons (Fsp3) is 0.524. The van der Waals surface area contributed by atoms with E-state index in [2.05, 4.69) is 20.0 Å². The number of halogens is 3. The van der Waals surface area contributed by atoms with Crippen molar-refractivity contribution in [2.45, 2.75) is 38.7 Å². The highest BCUT2D eigenvalue weighted by Crippen LogP contribution is 2.32. The number of nitrogens with zero attached hydrogens (tertiary/aromatic N) is 7. The number of hydrogen-bond acceptors (Lipinski definition) is 7. The lowest BCUT2D eigenvalue weighted by Gasteiger charge is -2.30. The molecule has 0 N–H and O–H groups in total. The van der Waals surface area contributed by atoms with Gasteiger partial charge in [-0.05, 0) is 25.6 Å². The van der Waals surface area contributed by atoms with E-state index in [1.165, 1.54) is 9.08 Å². The van der Waals surface area contributed by atoms with Gasteiger partial charge < -0.3 is 14.5 Å². The van der Waals surface area contributed by atoms with Gasteiger partial charge in [0, 0.05) is 56.3 Å². The monoisotopic (exact) mass is 463 g/mol. The SMILES string of the molecule is Cc1cn2c(=O)n(CC3CN(C)CCO3)nc2nc1N1CCc2ncc(C(F)(F)F)cc2C1. The molecule has 3 aromatic heterocycles. The average molecular weight is 463 g/mol. The summed E-state index contributed by atoms with van der Waals surface area (Å²) < 4.78 is 47.9. The quantitative estimate of drug-likeness (QED) is 0.583. The van der Waals surface area contributed by atoms with Crippen LogP contribution in [0.25, 0.3) is 5.78 Å². The zero-order valence-corrected chi connectivity index (χ0v) is 18.3. The van der Waals surface area contributed by atoms with E-state index < -0.39 is 11.7 Å². The molecule has 0 aromatic carbocycles. The summed E-state index contributed by atoms with van der Waals surface area (Å²) in [6.07, 6.45) is -1.51. The highest BCUT2D eigenvalue weighted by atomic mass is 19.4. The second kappa shape index (κ2) is 8.10. The third-order valence-electron chi connectivity index (χ3n) is 6.12. The topological polar surface area (TPSA) is 80.8 Å². The molecule has 0 aliphatic carbocycles. The molecule has 5 heterocycles. The van der Waals surface area contributed by atoms with Crippen LogP contribution in [-0.4, -0.2) is 68.4 Å². The third kappa shape index (κ3) is 4.20. The highest BCUT2D eigenvalue weighted by Gasteiger charge is 2.33. The van der Waals surface area contributed by atoms with Crippen LogP contribution in [0.1, 0.15) is 22.4 Å². The van der Waals surface area contributed by atoms with Gasteiger partial charge in [-0.1, -0.05) is 0 Å². The zero-order valence-electron chi connectivity index (χ0n) is 18.3. The van der Waals surface area contributed by atoms with Gasteiger partial charge in [-0.2, -0.15) is 18.2 Å². The fourth-order valence-electron chi connectivity index (χ4n) is 4.40. The number of alkyl halides is 3.